The van der Waals surface area contributed by atoms with E-state index in [1.165, 1.54) is 0 Å². The van der Waals surface area contributed by atoms with Crippen molar-refractivity contribution in [3.8, 4) is 10.6 Å². The molecule has 1 aromatic heterocycles. The van der Waals surface area contributed by atoms with E-state index in [1.54, 1.807) is 23.3 Å². The molecule has 0 radical (unpaired) electrons. The second kappa shape index (κ2) is 7.53. The van der Waals surface area contributed by atoms with Gasteiger partial charge in [-0.3, -0.25) is 0 Å². The largest absolute Gasteiger partial charge is 0.338 e. The summed E-state index contributed by atoms with van der Waals surface area (Å²) in [6, 6.07) is 9.71. The third-order valence-corrected chi connectivity index (χ3v) is 6.96. The lowest BCUT2D eigenvalue weighted by Crippen LogP contribution is -2.39. The number of carbonyl (C=O) groups is 1. The number of benzene rings is 1. The minimum atomic E-state index is -2.91. The van der Waals surface area contributed by atoms with Crippen molar-refractivity contribution in [2.75, 3.05) is 25.1 Å². The van der Waals surface area contributed by atoms with Crippen molar-refractivity contribution >= 4 is 27.2 Å². The van der Waals surface area contributed by atoms with E-state index in [-0.39, 0.29) is 23.5 Å². The van der Waals surface area contributed by atoms with Crippen LogP contribution in [0.5, 0.6) is 0 Å². The van der Waals surface area contributed by atoms with Gasteiger partial charge in [-0.05, 0) is 12.3 Å². The average molecular weight is 380 g/mol. The Morgan fingerprint density at radius 1 is 1.36 bits per heavy atom. The van der Waals surface area contributed by atoms with Crippen LogP contribution in [0.25, 0.3) is 10.6 Å². The molecule has 1 aliphatic heterocycles. The van der Waals surface area contributed by atoms with Gasteiger partial charge < -0.3 is 10.2 Å². The molecule has 6 nitrogen and oxygen atoms in total. The Bertz CT molecular complexity index is 834. The number of hydrogen-bond acceptors (Lipinski definition) is 5. The van der Waals surface area contributed by atoms with Crippen molar-refractivity contribution in [2.24, 2.45) is 5.92 Å². The number of nitrogens with zero attached hydrogens (tertiary/aromatic N) is 2. The fourth-order valence-corrected chi connectivity index (χ4v) is 5.49. The molecule has 0 saturated carbocycles. The molecule has 1 N–H and O–H groups in total. The molecule has 134 valence electrons. The van der Waals surface area contributed by atoms with Gasteiger partial charge in [-0.15, -0.1) is 11.3 Å². The molecular weight excluding hydrogens is 358 g/mol. The van der Waals surface area contributed by atoms with E-state index in [2.05, 4.69) is 10.3 Å². The lowest BCUT2D eigenvalue weighted by Gasteiger charge is -2.18. The van der Waals surface area contributed by atoms with Gasteiger partial charge in [0.25, 0.3) is 0 Å². The van der Waals surface area contributed by atoms with E-state index in [1.807, 2.05) is 35.7 Å². The number of carbonyl (C=O) groups excluding carboxylic acids is 1. The van der Waals surface area contributed by atoms with Crippen molar-refractivity contribution < 1.29 is 13.2 Å². The molecular formula is C17H21N3O3S2. The van der Waals surface area contributed by atoms with Crippen molar-refractivity contribution in [1.82, 2.24) is 15.2 Å². The summed E-state index contributed by atoms with van der Waals surface area (Å²) in [4.78, 5) is 18.3. The second-order valence-corrected chi connectivity index (χ2v) is 9.41. The summed E-state index contributed by atoms with van der Waals surface area (Å²) in [7, 11) is -1.20. The van der Waals surface area contributed by atoms with Crippen LogP contribution < -0.4 is 5.32 Å². The molecule has 0 spiro atoms. The highest BCUT2D eigenvalue weighted by Gasteiger charge is 2.28. The molecule has 25 heavy (non-hydrogen) atoms. The molecule has 2 heterocycles. The summed E-state index contributed by atoms with van der Waals surface area (Å²) >= 11 is 1.55. The Balaban J connectivity index is 1.51. The first-order chi connectivity index (χ1) is 11.9. The highest BCUT2D eigenvalue weighted by atomic mass is 32.2. The zero-order chi connectivity index (χ0) is 17.9. The zero-order valence-electron chi connectivity index (χ0n) is 14.0. The molecule has 1 atom stereocenters. The Hall–Kier alpha value is -1.93. The second-order valence-electron chi connectivity index (χ2n) is 6.32. The molecule has 0 aliphatic carbocycles. The van der Waals surface area contributed by atoms with Gasteiger partial charge in [0.1, 0.15) is 5.01 Å². The van der Waals surface area contributed by atoms with Crippen LogP contribution in [0.1, 0.15) is 12.1 Å². The van der Waals surface area contributed by atoms with Crippen molar-refractivity contribution in [3.63, 3.8) is 0 Å². The van der Waals surface area contributed by atoms with Crippen molar-refractivity contribution in [3.05, 3.63) is 41.4 Å². The summed E-state index contributed by atoms with van der Waals surface area (Å²) in [6.45, 7) is 0.812. The third kappa shape index (κ3) is 4.79. The van der Waals surface area contributed by atoms with Crippen LogP contribution in [0.3, 0.4) is 0 Å². The van der Waals surface area contributed by atoms with E-state index >= 15 is 0 Å². The van der Waals surface area contributed by atoms with Gasteiger partial charge >= 0.3 is 6.03 Å². The first kappa shape index (κ1) is 17.9. The fraction of sp³-hybridized carbons (Fsp3) is 0.412. The normalized spacial score (nSPS) is 18.8. The SMILES string of the molecule is CN(Cc1csc(-c2ccccc2)n1)C(=O)NCC1CCS(=O)(=O)C1. The molecule has 0 bridgehead atoms. The topological polar surface area (TPSA) is 79.4 Å². The third-order valence-electron chi connectivity index (χ3n) is 4.19. The lowest BCUT2D eigenvalue weighted by atomic mass is 10.1. The number of amides is 2. The van der Waals surface area contributed by atoms with Crippen molar-refractivity contribution in [2.45, 2.75) is 13.0 Å². The van der Waals surface area contributed by atoms with Gasteiger partial charge in [0, 0.05) is 24.5 Å². The lowest BCUT2D eigenvalue weighted by molar-refractivity contribution is 0.205. The number of hydrogen-bond donors (Lipinski definition) is 1. The summed E-state index contributed by atoms with van der Waals surface area (Å²) in [5.74, 6) is 0.417. The number of thiazole rings is 1. The predicted octanol–water partition coefficient (Wildman–Crippen LogP) is 2.39. The number of urea groups is 1. The maximum Gasteiger partial charge on any atom is 0.317 e. The Morgan fingerprint density at radius 3 is 2.80 bits per heavy atom. The Labute approximate surface area is 151 Å². The zero-order valence-corrected chi connectivity index (χ0v) is 15.6. The number of aromatic nitrogens is 1. The number of sulfone groups is 1. The molecule has 1 fully saturated rings. The minimum absolute atomic E-state index is 0.0197. The molecule has 2 amide bonds. The summed E-state index contributed by atoms with van der Waals surface area (Å²) in [5.41, 5.74) is 1.90. The molecule has 1 aliphatic rings. The molecule has 1 unspecified atom stereocenters. The van der Waals surface area contributed by atoms with Gasteiger partial charge in [-0.25, -0.2) is 18.2 Å². The van der Waals surface area contributed by atoms with Gasteiger partial charge in [0.05, 0.1) is 23.7 Å². The van der Waals surface area contributed by atoms with Gasteiger partial charge in [0.2, 0.25) is 0 Å². The van der Waals surface area contributed by atoms with Crippen LogP contribution >= 0.6 is 11.3 Å². The van der Waals surface area contributed by atoms with E-state index in [0.29, 0.717) is 19.5 Å². The minimum Gasteiger partial charge on any atom is -0.338 e. The van der Waals surface area contributed by atoms with E-state index in [4.69, 9.17) is 0 Å². The Morgan fingerprint density at radius 2 is 2.12 bits per heavy atom. The molecule has 2 aromatic rings. The maximum absolute atomic E-state index is 12.2. The fourth-order valence-electron chi connectivity index (χ4n) is 2.81. The van der Waals surface area contributed by atoms with Crippen molar-refractivity contribution in [1.29, 1.82) is 0 Å². The number of rotatable bonds is 5. The molecule has 1 aromatic carbocycles. The monoisotopic (exact) mass is 379 g/mol. The molecule has 1 saturated heterocycles. The van der Waals surface area contributed by atoms with E-state index < -0.39 is 9.84 Å². The maximum atomic E-state index is 12.2. The summed E-state index contributed by atoms with van der Waals surface area (Å²) in [5, 5.41) is 5.70. The highest BCUT2D eigenvalue weighted by molar-refractivity contribution is 7.91. The van der Waals surface area contributed by atoms with Crippen LogP contribution in [0, 0.1) is 5.92 Å². The number of nitrogens with one attached hydrogen (secondary N) is 1. The Kier molecular flexibility index (Phi) is 5.39. The smallest absolute Gasteiger partial charge is 0.317 e. The van der Waals surface area contributed by atoms with Gasteiger partial charge in [0.15, 0.2) is 9.84 Å². The first-order valence-electron chi connectivity index (χ1n) is 8.12. The summed E-state index contributed by atoms with van der Waals surface area (Å²) in [6.07, 6.45) is 0.624. The first-order valence-corrected chi connectivity index (χ1v) is 10.8. The van der Waals surface area contributed by atoms with Crippen LogP contribution in [0.15, 0.2) is 35.7 Å². The van der Waals surface area contributed by atoms with E-state index in [9.17, 15) is 13.2 Å². The predicted molar refractivity (Wildman–Crippen MR) is 99.2 cm³/mol. The highest BCUT2D eigenvalue weighted by Crippen LogP contribution is 2.23. The molecule has 8 heteroatoms. The quantitative estimate of drug-likeness (QED) is 0.865. The standard InChI is InChI=1S/C17H21N3O3S2/c1-20(17(21)18-9-13-7-8-25(22,23)12-13)10-15-11-24-16(19-15)14-5-3-2-4-6-14/h2-6,11,13H,7-10,12H2,1H3,(H,18,21). The van der Waals surface area contributed by atoms with Crippen LogP contribution in [-0.2, 0) is 16.4 Å². The molecule has 3 rings (SSSR count). The van der Waals surface area contributed by atoms with Gasteiger partial charge in [-0.1, -0.05) is 30.3 Å². The van der Waals surface area contributed by atoms with Crippen LogP contribution in [0.4, 0.5) is 4.79 Å². The average Bonchev–Trinajstić information content (AvgIpc) is 3.19. The van der Waals surface area contributed by atoms with E-state index in [0.717, 1.165) is 16.3 Å². The van der Waals surface area contributed by atoms with Crippen LogP contribution in [-0.4, -0.2) is 49.4 Å². The summed E-state index contributed by atoms with van der Waals surface area (Å²) < 4.78 is 22.9. The van der Waals surface area contributed by atoms with Gasteiger partial charge in [-0.2, -0.15) is 0 Å². The van der Waals surface area contributed by atoms with Crippen LogP contribution in [0.2, 0.25) is 0 Å².